The van der Waals surface area contributed by atoms with Crippen molar-refractivity contribution in [2.75, 3.05) is 13.2 Å². The molecule has 0 aliphatic carbocycles. The highest BCUT2D eigenvalue weighted by molar-refractivity contribution is 7.10. The Kier molecular flexibility index (Phi) is 6.91. The van der Waals surface area contributed by atoms with Crippen molar-refractivity contribution >= 4 is 11.3 Å². The van der Waals surface area contributed by atoms with Crippen LogP contribution in [0, 0.1) is 11.8 Å². The van der Waals surface area contributed by atoms with Crippen molar-refractivity contribution in [3.63, 3.8) is 0 Å². The predicted octanol–water partition coefficient (Wildman–Crippen LogP) is 5.85. The summed E-state index contributed by atoms with van der Waals surface area (Å²) in [6, 6.07) is 15.8. The highest BCUT2D eigenvalue weighted by atomic mass is 32.1. The maximum atomic E-state index is 5.97. The fourth-order valence-corrected chi connectivity index (χ4v) is 4.98. The van der Waals surface area contributed by atoms with E-state index in [1.54, 1.807) is 0 Å². The minimum atomic E-state index is 0.0234. The van der Waals surface area contributed by atoms with E-state index < -0.39 is 0 Å². The second-order valence-corrected chi connectivity index (χ2v) is 9.27. The number of hydrogen-bond donors (Lipinski definition) is 1. The molecule has 0 unspecified atom stereocenters. The maximum Gasteiger partial charge on any atom is 0.0629 e. The van der Waals surface area contributed by atoms with Crippen molar-refractivity contribution in [3.8, 4) is 0 Å². The minimum absolute atomic E-state index is 0.0234. The normalized spacial score (nSPS) is 22.0. The summed E-state index contributed by atoms with van der Waals surface area (Å²) < 4.78 is 5.97. The summed E-state index contributed by atoms with van der Waals surface area (Å²) in [6.45, 7) is 8.75. The van der Waals surface area contributed by atoms with Crippen LogP contribution in [0.5, 0.6) is 0 Å². The quantitative estimate of drug-likeness (QED) is 0.628. The molecule has 3 heteroatoms. The lowest BCUT2D eigenvalue weighted by Crippen LogP contribution is -2.38. The lowest BCUT2D eigenvalue weighted by atomic mass is 9.75. The van der Waals surface area contributed by atoms with Crippen LogP contribution in [0.3, 0.4) is 0 Å². The number of nitrogens with one attached hydrogen (secondary N) is 1. The average Bonchev–Trinajstić information content (AvgIpc) is 3.15. The molecule has 26 heavy (non-hydrogen) atoms. The number of thiophene rings is 1. The first kappa shape index (κ1) is 19.6. The van der Waals surface area contributed by atoms with Gasteiger partial charge in [-0.1, -0.05) is 36.4 Å². The van der Waals surface area contributed by atoms with E-state index in [1.165, 1.54) is 36.1 Å². The minimum Gasteiger partial charge on any atom is -0.376 e. The van der Waals surface area contributed by atoms with Crippen molar-refractivity contribution in [2.24, 2.45) is 11.8 Å². The van der Waals surface area contributed by atoms with Crippen molar-refractivity contribution in [3.05, 3.63) is 58.3 Å². The van der Waals surface area contributed by atoms with Gasteiger partial charge in [0.15, 0.2) is 0 Å². The van der Waals surface area contributed by atoms with Crippen LogP contribution in [0.15, 0.2) is 47.8 Å². The molecule has 1 fully saturated rings. The van der Waals surface area contributed by atoms with E-state index in [0.29, 0.717) is 12.0 Å². The van der Waals surface area contributed by atoms with E-state index in [-0.39, 0.29) is 5.60 Å². The lowest BCUT2D eigenvalue weighted by molar-refractivity contribution is -0.0830. The summed E-state index contributed by atoms with van der Waals surface area (Å²) in [4.78, 5) is 1.43. The molecule has 0 radical (unpaired) electrons. The monoisotopic (exact) mass is 371 g/mol. The largest absolute Gasteiger partial charge is 0.376 e. The third kappa shape index (κ3) is 5.67. The summed E-state index contributed by atoms with van der Waals surface area (Å²) >= 11 is 1.84. The van der Waals surface area contributed by atoms with E-state index in [2.05, 4.69) is 73.9 Å². The first-order chi connectivity index (χ1) is 12.5. The molecule has 1 aliphatic rings. The maximum absolute atomic E-state index is 5.97. The summed E-state index contributed by atoms with van der Waals surface area (Å²) in [5.41, 5.74) is 1.49. The van der Waals surface area contributed by atoms with Crippen LogP contribution in [0.25, 0.3) is 0 Å². The summed E-state index contributed by atoms with van der Waals surface area (Å²) in [6.07, 6.45) is 4.77. The van der Waals surface area contributed by atoms with Crippen LogP contribution in [-0.2, 0) is 11.2 Å². The Bertz CT molecular complexity index is 637. The Balaban J connectivity index is 1.60. The molecule has 0 spiro atoms. The molecule has 3 atom stereocenters. The third-order valence-corrected chi connectivity index (χ3v) is 6.73. The Morgan fingerprint density at radius 2 is 2.00 bits per heavy atom. The zero-order chi connectivity index (χ0) is 18.4. The number of hydrogen-bond acceptors (Lipinski definition) is 3. The molecule has 0 saturated carbocycles. The highest BCUT2D eigenvalue weighted by Crippen LogP contribution is 2.36. The van der Waals surface area contributed by atoms with Crippen LogP contribution in [-0.4, -0.2) is 18.8 Å². The van der Waals surface area contributed by atoms with Gasteiger partial charge in [0.25, 0.3) is 0 Å². The Labute approximate surface area is 163 Å². The van der Waals surface area contributed by atoms with Crippen molar-refractivity contribution < 1.29 is 4.74 Å². The SMILES string of the molecule is C[C@H](NCC[C@@H](Cc1ccccc1)[C@H]1CCOC(C)(C)C1)c1cccs1. The topological polar surface area (TPSA) is 21.3 Å². The predicted molar refractivity (Wildman–Crippen MR) is 112 cm³/mol. The van der Waals surface area contributed by atoms with E-state index in [1.807, 2.05) is 11.3 Å². The van der Waals surface area contributed by atoms with Crippen LogP contribution in [0.4, 0.5) is 0 Å². The molecule has 1 aliphatic heterocycles. The summed E-state index contributed by atoms with van der Waals surface area (Å²) in [5, 5.41) is 5.90. The van der Waals surface area contributed by atoms with Crippen molar-refractivity contribution in [1.82, 2.24) is 5.32 Å². The first-order valence-corrected chi connectivity index (χ1v) is 10.9. The van der Waals surface area contributed by atoms with Crippen LogP contribution in [0.1, 0.15) is 56.5 Å². The Morgan fingerprint density at radius 1 is 1.19 bits per heavy atom. The molecule has 2 heterocycles. The Morgan fingerprint density at radius 3 is 2.69 bits per heavy atom. The molecule has 142 valence electrons. The van der Waals surface area contributed by atoms with Crippen LogP contribution >= 0.6 is 11.3 Å². The standard InChI is InChI=1S/C23H33NOS/c1-18(22-10-7-15-26-22)24-13-11-20(16-19-8-5-4-6-9-19)21-12-14-25-23(2,3)17-21/h4-10,15,18,20-21,24H,11-14,16-17H2,1-3H3/t18-,20-,21-/m0/s1. The van der Waals surface area contributed by atoms with Gasteiger partial charge in [0, 0.05) is 17.5 Å². The van der Waals surface area contributed by atoms with Crippen molar-refractivity contribution in [1.29, 1.82) is 0 Å². The van der Waals surface area contributed by atoms with Gasteiger partial charge in [-0.05, 0) is 81.8 Å². The van der Waals surface area contributed by atoms with Crippen molar-refractivity contribution in [2.45, 2.75) is 58.1 Å². The molecule has 1 aromatic carbocycles. The molecule has 1 aromatic heterocycles. The van der Waals surface area contributed by atoms with Gasteiger partial charge >= 0.3 is 0 Å². The van der Waals surface area contributed by atoms with Gasteiger partial charge in [0.05, 0.1) is 5.60 Å². The fourth-order valence-electron chi connectivity index (χ4n) is 4.23. The van der Waals surface area contributed by atoms with Gasteiger partial charge in [-0.3, -0.25) is 0 Å². The molecular weight excluding hydrogens is 338 g/mol. The fraction of sp³-hybridized carbons (Fsp3) is 0.565. The van der Waals surface area contributed by atoms with Crippen LogP contribution in [0.2, 0.25) is 0 Å². The van der Waals surface area contributed by atoms with E-state index >= 15 is 0 Å². The smallest absolute Gasteiger partial charge is 0.0629 e. The number of ether oxygens (including phenoxy) is 1. The first-order valence-electron chi connectivity index (χ1n) is 9.98. The second kappa shape index (κ2) is 9.16. The molecule has 2 nitrogen and oxygen atoms in total. The third-order valence-electron chi connectivity index (χ3n) is 5.68. The number of benzene rings is 1. The van der Waals surface area contributed by atoms with Gasteiger partial charge in [0.2, 0.25) is 0 Å². The summed E-state index contributed by atoms with van der Waals surface area (Å²) in [5.74, 6) is 1.46. The Hall–Kier alpha value is -1.16. The van der Waals surface area contributed by atoms with Crippen LogP contribution < -0.4 is 5.32 Å². The van der Waals surface area contributed by atoms with E-state index in [4.69, 9.17) is 4.74 Å². The lowest BCUT2D eigenvalue weighted by Gasteiger charge is -2.39. The number of rotatable bonds is 8. The van der Waals surface area contributed by atoms with Gasteiger partial charge in [-0.2, -0.15) is 0 Å². The zero-order valence-corrected chi connectivity index (χ0v) is 17.2. The van der Waals surface area contributed by atoms with Gasteiger partial charge in [-0.25, -0.2) is 0 Å². The second-order valence-electron chi connectivity index (χ2n) is 8.29. The van der Waals surface area contributed by atoms with Gasteiger partial charge in [-0.15, -0.1) is 11.3 Å². The van der Waals surface area contributed by atoms with Gasteiger partial charge < -0.3 is 10.1 Å². The molecule has 0 bridgehead atoms. The molecule has 1 N–H and O–H groups in total. The summed E-state index contributed by atoms with van der Waals surface area (Å²) in [7, 11) is 0. The molecular formula is C23H33NOS. The molecule has 1 saturated heterocycles. The highest BCUT2D eigenvalue weighted by Gasteiger charge is 2.33. The zero-order valence-electron chi connectivity index (χ0n) is 16.4. The van der Waals surface area contributed by atoms with E-state index in [9.17, 15) is 0 Å². The molecule has 0 amide bonds. The van der Waals surface area contributed by atoms with Gasteiger partial charge in [0.1, 0.15) is 0 Å². The van der Waals surface area contributed by atoms with E-state index in [0.717, 1.165) is 19.1 Å². The average molecular weight is 372 g/mol. The molecule has 2 aromatic rings. The molecule has 3 rings (SSSR count).